The van der Waals surface area contributed by atoms with E-state index in [4.69, 9.17) is 24.0 Å². The number of ether oxygens (including phenoxy) is 1. The van der Waals surface area contributed by atoms with Crippen LogP contribution < -0.4 is 5.82 Å². The Balaban J connectivity index is 1.39. The molecule has 50 heavy (non-hydrogen) atoms. The largest absolute Gasteiger partial charge is 0.519 e. The number of aromatic nitrogens is 6. The number of rotatable bonds is 15. The molecule has 264 valence electrons. The van der Waals surface area contributed by atoms with Gasteiger partial charge in [-0.25, -0.2) is 14.6 Å². The van der Waals surface area contributed by atoms with Crippen molar-refractivity contribution < 1.29 is 43.5 Å². The van der Waals surface area contributed by atoms with Gasteiger partial charge in [-0.3, -0.25) is 20.0 Å². The Hall–Kier alpha value is -5.33. The van der Waals surface area contributed by atoms with E-state index in [9.17, 15) is 19.5 Å². The van der Waals surface area contributed by atoms with Crippen LogP contribution in [0.25, 0.3) is 22.5 Å². The first-order valence-electron chi connectivity index (χ1n) is 15.8. The molecule has 0 saturated carbocycles. The summed E-state index contributed by atoms with van der Waals surface area (Å²) >= 11 is 0. The number of tetrazole rings is 1. The van der Waals surface area contributed by atoms with Crippen molar-refractivity contribution in [3.8, 4) is 22.5 Å². The third-order valence-corrected chi connectivity index (χ3v) is 7.62. The minimum absolute atomic E-state index is 0.0114. The van der Waals surface area contributed by atoms with E-state index < -0.39 is 28.7 Å². The maximum atomic E-state index is 13.6. The first-order valence-corrected chi connectivity index (χ1v) is 15.8. The van der Waals surface area contributed by atoms with E-state index in [0.717, 1.165) is 27.9 Å². The van der Waals surface area contributed by atoms with Gasteiger partial charge in [0.2, 0.25) is 5.82 Å². The Bertz CT molecular complexity index is 2000. The fourth-order valence-corrected chi connectivity index (χ4v) is 5.22. The molecule has 3 aromatic heterocycles. The van der Waals surface area contributed by atoms with Crippen LogP contribution in [0.4, 0.5) is 0 Å². The molecule has 0 aliphatic heterocycles. The number of benzene rings is 2. The van der Waals surface area contributed by atoms with Gasteiger partial charge in [-0.05, 0) is 55.5 Å². The van der Waals surface area contributed by atoms with Gasteiger partial charge < -0.3 is 23.2 Å². The minimum atomic E-state index is -1.47. The third-order valence-electron chi connectivity index (χ3n) is 7.62. The lowest BCUT2D eigenvalue weighted by atomic mass is 9.98. The maximum Gasteiger partial charge on any atom is 0.519 e. The molecule has 0 atom stereocenters. The van der Waals surface area contributed by atoms with E-state index in [2.05, 4.69) is 25.2 Å². The second kappa shape index (κ2) is 15.5. The average Bonchev–Trinajstić information content (AvgIpc) is 3.79. The van der Waals surface area contributed by atoms with Crippen molar-refractivity contribution in [2.45, 2.75) is 72.1 Å². The topological polar surface area (TPSA) is 221 Å². The molecule has 5 aromatic rings. The quantitative estimate of drug-likeness (QED) is 0.0800. The van der Waals surface area contributed by atoms with E-state index in [1.54, 1.807) is 18.4 Å². The number of nitrogens with zero attached hydrogens (tertiary/aromatic N) is 7. The predicted molar refractivity (Wildman–Crippen MR) is 172 cm³/mol. The highest BCUT2D eigenvalue weighted by molar-refractivity contribution is 5.89. The van der Waals surface area contributed by atoms with Crippen LogP contribution in [0.1, 0.15) is 83.9 Å². The number of hydrogen-bond acceptors (Lipinski definition) is 15. The molecule has 3 N–H and O–H groups in total. The first kappa shape index (κ1) is 36.0. The van der Waals surface area contributed by atoms with Crippen molar-refractivity contribution in [3.05, 3.63) is 93.4 Å². The van der Waals surface area contributed by atoms with Crippen LogP contribution in [-0.4, -0.2) is 69.2 Å². The van der Waals surface area contributed by atoms with Crippen LogP contribution in [0.3, 0.4) is 0 Å². The molecule has 2 aromatic carbocycles. The molecule has 3 heterocycles. The Kier molecular flexibility index (Phi) is 11.1. The normalized spacial score (nSPS) is 11.8. The van der Waals surface area contributed by atoms with Crippen molar-refractivity contribution >= 4 is 11.9 Å². The lowest BCUT2D eigenvalue weighted by molar-refractivity contribution is -0.492. The first-order chi connectivity index (χ1) is 23.8. The second-order valence-electron chi connectivity index (χ2n) is 11.9. The highest BCUT2D eigenvalue weighted by Crippen LogP contribution is 2.31. The van der Waals surface area contributed by atoms with E-state index in [1.807, 2.05) is 55.5 Å². The summed E-state index contributed by atoms with van der Waals surface area (Å²) in [7, 11) is 0. The fourth-order valence-electron chi connectivity index (χ4n) is 5.22. The smallest absolute Gasteiger partial charge is 0.453 e. The molecule has 0 bridgehead atoms. The molecule has 17 nitrogen and oxygen atoms in total. The minimum Gasteiger partial charge on any atom is -0.453 e. The van der Waals surface area contributed by atoms with Gasteiger partial charge in [0.1, 0.15) is 17.1 Å². The molecule has 0 radical (unpaired) electrons. The monoisotopic (exact) mass is 691 g/mol. The van der Waals surface area contributed by atoms with Crippen molar-refractivity contribution in [3.63, 3.8) is 0 Å². The predicted octanol–water partition coefficient (Wildman–Crippen LogP) is 4.08. The Morgan fingerprint density at radius 3 is 2.40 bits per heavy atom. The highest BCUT2D eigenvalue weighted by atomic mass is 17.1. The SMILES string of the molecule is CCCc1nc(C(C)(C)O)c(C(=O)OCc2oc(=O)oc2C)n1Cc1ccc(-c2ccccc2-c2nnn(C(=O)CCCON(O)O)n2)cc1. The Labute approximate surface area is 285 Å². The van der Waals surface area contributed by atoms with Gasteiger partial charge in [-0.1, -0.05) is 60.3 Å². The zero-order valence-corrected chi connectivity index (χ0v) is 27.9. The molecule has 0 spiro atoms. The highest BCUT2D eigenvalue weighted by Gasteiger charge is 2.33. The van der Waals surface area contributed by atoms with Gasteiger partial charge in [0.15, 0.2) is 23.8 Å². The molecule has 0 aliphatic carbocycles. The molecule has 0 fully saturated rings. The number of esters is 1. The van der Waals surface area contributed by atoms with Crippen LogP contribution >= 0.6 is 0 Å². The van der Waals surface area contributed by atoms with Gasteiger partial charge in [-0.15, -0.1) is 10.2 Å². The molecule has 5 rings (SSSR count). The summed E-state index contributed by atoms with van der Waals surface area (Å²) in [5.74, 6) is -0.986. The average molecular weight is 692 g/mol. The zero-order valence-electron chi connectivity index (χ0n) is 27.9. The maximum absolute atomic E-state index is 13.6. The number of carbonyl (C=O) groups excluding carboxylic acids is 2. The summed E-state index contributed by atoms with van der Waals surface area (Å²) in [6, 6.07) is 15.0. The van der Waals surface area contributed by atoms with Crippen molar-refractivity contribution in [1.82, 2.24) is 35.1 Å². The van der Waals surface area contributed by atoms with Gasteiger partial charge >= 0.3 is 11.8 Å². The fraction of sp³-hybridized carbons (Fsp3) is 0.364. The van der Waals surface area contributed by atoms with Crippen LogP contribution in [-0.2, 0) is 34.7 Å². The van der Waals surface area contributed by atoms with Crippen LogP contribution in [0, 0.1) is 6.92 Å². The number of imidazole rings is 1. The summed E-state index contributed by atoms with van der Waals surface area (Å²) < 4.78 is 17.1. The third kappa shape index (κ3) is 8.44. The van der Waals surface area contributed by atoms with E-state index >= 15 is 0 Å². The van der Waals surface area contributed by atoms with Crippen LogP contribution in [0.5, 0.6) is 0 Å². The van der Waals surface area contributed by atoms with E-state index in [-0.39, 0.29) is 61.3 Å². The van der Waals surface area contributed by atoms with Crippen molar-refractivity contribution in [2.75, 3.05) is 6.61 Å². The molecular weight excluding hydrogens is 654 g/mol. The summed E-state index contributed by atoms with van der Waals surface area (Å²) in [5, 5.41) is 40.0. The van der Waals surface area contributed by atoms with E-state index in [0.29, 0.717) is 17.8 Å². The number of carbonyl (C=O) groups is 2. The van der Waals surface area contributed by atoms with Crippen molar-refractivity contribution in [2.24, 2.45) is 0 Å². The number of hydrogen-bond donors (Lipinski definition) is 3. The van der Waals surface area contributed by atoms with Crippen molar-refractivity contribution in [1.29, 1.82) is 0 Å². The summed E-state index contributed by atoms with van der Waals surface area (Å²) in [5.41, 5.74) is 1.87. The molecule has 0 unspecified atom stereocenters. The zero-order chi connectivity index (χ0) is 36.0. The molecule has 0 saturated heterocycles. The van der Waals surface area contributed by atoms with Gasteiger partial charge in [0.05, 0.1) is 12.0 Å². The van der Waals surface area contributed by atoms with E-state index in [1.165, 1.54) is 6.92 Å². The second-order valence-corrected chi connectivity index (χ2v) is 11.9. The van der Waals surface area contributed by atoms with Crippen LogP contribution in [0.15, 0.2) is 62.2 Å². The molecular formula is C33H37N7O10. The Morgan fingerprint density at radius 1 is 1.04 bits per heavy atom. The molecule has 17 heteroatoms. The lowest BCUT2D eigenvalue weighted by Crippen LogP contribution is -2.23. The van der Waals surface area contributed by atoms with Crippen LogP contribution in [0.2, 0.25) is 0 Å². The number of aryl methyl sites for hydroxylation is 2. The lowest BCUT2D eigenvalue weighted by Gasteiger charge is -2.17. The molecule has 0 amide bonds. The summed E-state index contributed by atoms with van der Waals surface area (Å²) in [6.45, 7) is 6.39. The van der Waals surface area contributed by atoms with Gasteiger partial charge in [0.25, 0.3) is 5.91 Å². The van der Waals surface area contributed by atoms with Gasteiger partial charge in [0, 0.05) is 24.9 Å². The van der Waals surface area contributed by atoms with Gasteiger partial charge in [-0.2, -0.15) is 0 Å². The number of aliphatic hydroxyl groups is 1. The summed E-state index contributed by atoms with van der Waals surface area (Å²) in [4.78, 5) is 47.6. The summed E-state index contributed by atoms with van der Waals surface area (Å²) in [6.07, 6.45) is 1.45. The molecule has 0 aliphatic rings. The Morgan fingerprint density at radius 2 is 1.76 bits per heavy atom. The standard InChI is InChI=1S/C33H37N7O10/c1-5-9-26-34-29(33(3,4)44)28(31(42)47-19-25-20(2)49-32(43)50-25)38(26)18-21-13-15-22(16-14-21)23-10-6-7-11-24(23)30-35-37-39(36-30)27(41)12-8-17-48-40(45)46/h6-7,10-11,13-16,44-46H,5,8-9,12,17-19H2,1-4H3.